The van der Waals surface area contributed by atoms with Gasteiger partial charge in [-0.25, -0.2) is 14.1 Å². The van der Waals surface area contributed by atoms with Gasteiger partial charge in [0.2, 0.25) is 0 Å². The third-order valence-corrected chi connectivity index (χ3v) is 6.75. The van der Waals surface area contributed by atoms with Gasteiger partial charge in [-0.15, -0.1) is 0 Å². The zero-order valence-electron chi connectivity index (χ0n) is 19.7. The maximum absolute atomic E-state index is 14.6. The molecule has 0 aliphatic heterocycles. The molecule has 1 saturated carbocycles. The van der Waals surface area contributed by atoms with Gasteiger partial charge in [0.15, 0.2) is 11.5 Å². The number of pyridine rings is 1. The molecule has 0 radical (unpaired) electrons. The van der Waals surface area contributed by atoms with E-state index in [0.717, 1.165) is 65.0 Å². The Hall–Kier alpha value is -3.49. The maximum Gasteiger partial charge on any atom is 0.160 e. The van der Waals surface area contributed by atoms with Crippen molar-refractivity contribution >= 4 is 16.9 Å². The number of rotatable bonds is 7. The largest absolute Gasteiger partial charge is 0.497 e. The molecule has 0 bridgehead atoms. The normalized spacial score (nSPS) is 18.1. The first-order valence-corrected chi connectivity index (χ1v) is 12.0. The highest BCUT2D eigenvalue weighted by Gasteiger charge is 2.23. The van der Waals surface area contributed by atoms with E-state index in [0.29, 0.717) is 12.1 Å². The number of ether oxygens (including phenoxy) is 1. The van der Waals surface area contributed by atoms with Gasteiger partial charge in [0.05, 0.1) is 25.1 Å². The number of methoxy groups -OCH3 is 1. The molecule has 4 N–H and O–H groups in total. The molecule has 4 aromatic rings. The van der Waals surface area contributed by atoms with Gasteiger partial charge in [-0.2, -0.15) is 5.10 Å². The van der Waals surface area contributed by atoms with E-state index in [-0.39, 0.29) is 24.5 Å². The molecule has 0 saturated heterocycles. The number of fused-ring (bicyclic) bond motifs is 1. The van der Waals surface area contributed by atoms with Crippen molar-refractivity contribution in [1.82, 2.24) is 14.8 Å². The summed E-state index contributed by atoms with van der Waals surface area (Å²) in [6.45, 7) is 0.681. The van der Waals surface area contributed by atoms with E-state index in [1.165, 1.54) is 6.07 Å². The van der Waals surface area contributed by atoms with Gasteiger partial charge in [-0.3, -0.25) is 0 Å². The number of aliphatic hydroxyl groups excluding tert-OH is 1. The molecule has 0 atom stereocenters. The number of benzene rings is 2. The van der Waals surface area contributed by atoms with Crippen LogP contribution in [0.2, 0.25) is 0 Å². The number of nitrogens with two attached hydrogens (primary N) is 1. The van der Waals surface area contributed by atoms with E-state index in [1.807, 2.05) is 41.1 Å². The summed E-state index contributed by atoms with van der Waals surface area (Å²) >= 11 is 0. The van der Waals surface area contributed by atoms with Crippen molar-refractivity contribution in [2.45, 2.75) is 50.9 Å². The second kappa shape index (κ2) is 10.0. The Labute approximate surface area is 203 Å². The number of hydrogen-bond acceptors (Lipinski definition) is 6. The Morgan fingerprint density at radius 3 is 2.57 bits per heavy atom. The number of nitrogens with zero attached hydrogens (tertiary/aromatic N) is 3. The number of aliphatic hydroxyl groups is 1. The SMILES string of the molecule is COc1ccc(Cn2nc(NC3CCC(O)CC3)c3c(-c4ccc(CN)c(F)c4)ccnc32)cc1. The minimum atomic E-state index is -0.323. The molecule has 8 heteroatoms. The molecule has 2 aromatic carbocycles. The van der Waals surface area contributed by atoms with Crippen molar-refractivity contribution in [2.24, 2.45) is 5.73 Å². The Morgan fingerprint density at radius 1 is 1.11 bits per heavy atom. The van der Waals surface area contributed by atoms with Crippen LogP contribution in [0.1, 0.15) is 36.8 Å². The van der Waals surface area contributed by atoms with Crippen LogP contribution in [0.4, 0.5) is 10.2 Å². The van der Waals surface area contributed by atoms with Crippen molar-refractivity contribution in [3.05, 3.63) is 71.7 Å². The lowest BCUT2D eigenvalue weighted by molar-refractivity contribution is 0.126. The fraction of sp³-hybridized carbons (Fsp3) is 0.333. The summed E-state index contributed by atoms with van der Waals surface area (Å²) in [7, 11) is 1.65. The van der Waals surface area contributed by atoms with Crippen molar-refractivity contribution in [3.63, 3.8) is 0 Å². The average molecular weight is 476 g/mol. The number of aromatic nitrogens is 3. The summed E-state index contributed by atoms with van der Waals surface area (Å²) in [5.41, 5.74) is 9.54. The predicted molar refractivity (Wildman–Crippen MR) is 135 cm³/mol. The first kappa shape index (κ1) is 23.3. The van der Waals surface area contributed by atoms with Crippen LogP contribution in [0, 0.1) is 5.82 Å². The fourth-order valence-corrected chi connectivity index (χ4v) is 4.75. The van der Waals surface area contributed by atoms with Crippen LogP contribution in [0.15, 0.2) is 54.7 Å². The second-order valence-corrected chi connectivity index (χ2v) is 9.07. The van der Waals surface area contributed by atoms with Crippen LogP contribution in [0.5, 0.6) is 5.75 Å². The lowest BCUT2D eigenvalue weighted by atomic mass is 9.93. The van der Waals surface area contributed by atoms with Gasteiger partial charge < -0.3 is 20.9 Å². The highest BCUT2D eigenvalue weighted by Crippen LogP contribution is 2.35. The van der Waals surface area contributed by atoms with Crippen molar-refractivity contribution < 1.29 is 14.2 Å². The van der Waals surface area contributed by atoms with Crippen LogP contribution < -0.4 is 15.8 Å². The predicted octanol–water partition coefficient (Wildman–Crippen LogP) is 4.47. The molecule has 0 unspecified atom stereocenters. The maximum atomic E-state index is 14.6. The molecule has 5 rings (SSSR count). The van der Waals surface area contributed by atoms with E-state index in [4.69, 9.17) is 15.6 Å². The molecule has 182 valence electrons. The zero-order valence-corrected chi connectivity index (χ0v) is 19.7. The molecule has 0 spiro atoms. The third kappa shape index (κ3) is 4.85. The van der Waals surface area contributed by atoms with Gasteiger partial charge in [0.1, 0.15) is 11.6 Å². The Bertz CT molecular complexity index is 1310. The smallest absolute Gasteiger partial charge is 0.160 e. The highest BCUT2D eigenvalue weighted by atomic mass is 19.1. The van der Waals surface area contributed by atoms with Crippen molar-refractivity contribution in [1.29, 1.82) is 0 Å². The number of halogens is 1. The number of nitrogens with one attached hydrogen (secondary N) is 1. The molecular weight excluding hydrogens is 445 g/mol. The van der Waals surface area contributed by atoms with Crippen LogP contribution >= 0.6 is 0 Å². The summed E-state index contributed by atoms with van der Waals surface area (Å²) in [6.07, 6.45) is 4.75. The third-order valence-electron chi connectivity index (χ3n) is 6.75. The fourth-order valence-electron chi connectivity index (χ4n) is 4.75. The lowest BCUT2D eigenvalue weighted by Crippen LogP contribution is -2.28. The van der Waals surface area contributed by atoms with Crippen molar-refractivity contribution in [3.8, 4) is 16.9 Å². The molecule has 1 aliphatic carbocycles. The van der Waals surface area contributed by atoms with E-state index < -0.39 is 0 Å². The van der Waals surface area contributed by atoms with Gasteiger partial charge in [0.25, 0.3) is 0 Å². The molecule has 2 heterocycles. The van der Waals surface area contributed by atoms with E-state index in [1.54, 1.807) is 19.4 Å². The van der Waals surface area contributed by atoms with E-state index >= 15 is 0 Å². The number of hydrogen-bond donors (Lipinski definition) is 3. The highest BCUT2D eigenvalue weighted by molar-refractivity contribution is 6.00. The second-order valence-electron chi connectivity index (χ2n) is 9.07. The molecule has 1 aliphatic rings. The first-order valence-electron chi connectivity index (χ1n) is 12.0. The lowest BCUT2D eigenvalue weighted by Gasteiger charge is -2.26. The van der Waals surface area contributed by atoms with Gasteiger partial charge >= 0.3 is 0 Å². The summed E-state index contributed by atoms with van der Waals surface area (Å²) in [4.78, 5) is 4.66. The summed E-state index contributed by atoms with van der Waals surface area (Å²) in [6, 6.07) is 15.1. The summed E-state index contributed by atoms with van der Waals surface area (Å²) in [5, 5.41) is 19.3. The monoisotopic (exact) mass is 475 g/mol. The van der Waals surface area contributed by atoms with Gasteiger partial charge in [-0.05, 0) is 66.6 Å². The Kier molecular flexibility index (Phi) is 6.66. The van der Waals surface area contributed by atoms with Gasteiger partial charge in [-0.1, -0.05) is 24.3 Å². The topological polar surface area (TPSA) is 98.2 Å². The standard InChI is InChI=1S/C27H30FN5O2/c1-35-22-10-2-17(3-11-22)16-33-27-25(26(32-33)31-20-6-8-21(34)9-7-20)23(12-13-30-27)18-4-5-19(15-29)24(28)14-18/h2-5,10-14,20-21,34H,6-9,15-16,29H2,1H3,(H,31,32). The Balaban J connectivity index is 1.58. The Morgan fingerprint density at radius 2 is 1.89 bits per heavy atom. The van der Waals surface area contributed by atoms with Gasteiger partial charge in [0, 0.05) is 24.3 Å². The summed E-state index contributed by atoms with van der Waals surface area (Å²) in [5.74, 6) is 1.20. The van der Waals surface area contributed by atoms with E-state index in [9.17, 15) is 9.50 Å². The van der Waals surface area contributed by atoms with Crippen molar-refractivity contribution in [2.75, 3.05) is 12.4 Å². The molecular formula is C27H30FN5O2. The first-order chi connectivity index (χ1) is 17.1. The number of anilines is 1. The summed E-state index contributed by atoms with van der Waals surface area (Å²) < 4.78 is 21.8. The quantitative estimate of drug-likeness (QED) is 0.365. The van der Waals surface area contributed by atoms with Crippen LogP contribution in [0.3, 0.4) is 0 Å². The average Bonchev–Trinajstić information content (AvgIpc) is 3.23. The minimum absolute atomic E-state index is 0.151. The molecule has 7 nitrogen and oxygen atoms in total. The van der Waals surface area contributed by atoms with Crippen LogP contribution in [-0.4, -0.2) is 39.1 Å². The molecule has 35 heavy (non-hydrogen) atoms. The van der Waals surface area contributed by atoms with E-state index in [2.05, 4.69) is 10.3 Å². The molecule has 2 aromatic heterocycles. The molecule has 1 fully saturated rings. The van der Waals surface area contributed by atoms with Crippen LogP contribution in [0.25, 0.3) is 22.2 Å². The zero-order chi connectivity index (χ0) is 24.4. The minimum Gasteiger partial charge on any atom is -0.497 e. The van der Waals surface area contributed by atoms with Crippen LogP contribution in [-0.2, 0) is 13.1 Å². The molecule has 0 amide bonds.